The smallest absolute Gasteiger partial charge is 0.465 e. The summed E-state index contributed by atoms with van der Waals surface area (Å²) in [6.45, 7) is 16.6. The Labute approximate surface area is 243 Å². The fourth-order valence-corrected chi connectivity index (χ4v) is 9.06. The summed E-state index contributed by atoms with van der Waals surface area (Å²) in [6.07, 6.45) is 6.93. The van der Waals surface area contributed by atoms with Crippen LogP contribution >= 0.6 is 0 Å². The van der Waals surface area contributed by atoms with Gasteiger partial charge in [0.2, 0.25) is 12.0 Å². The van der Waals surface area contributed by atoms with Gasteiger partial charge in [-0.2, -0.15) is 0 Å². The molecule has 0 aliphatic heterocycles. The Morgan fingerprint density at radius 1 is 1.05 bits per heavy atom. The molecule has 1 aliphatic rings. The predicted molar refractivity (Wildman–Crippen MR) is 158 cm³/mol. The van der Waals surface area contributed by atoms with E-state index in [1.807, 2.05) is 20.8 Å². The summed E-state index contributed by atoms with van der Waals surface area (Å²) >= 11 is 0. The Balaban J connectivity index is 2.82. The highest BCUT2D eigenvalue weighted by atomic mass is 28.4. The molecular weight excluding hydrogens is 530 g/mol. The number of amides is 2. The number of carbonyl (C=O) groups excluding carboxylic acids is 2. The minimum atomic E-state index is -2.75. The molecule has 3 atom stereocenters. The van der Waals surface area contributed by atoms with E-state index in [4.69, 9.17) is 13.3 Å². The maximum Gasteiger partial charge on any atom is 0.500 e. The van der Waals surface area contributed by atoms with Crippen LogP contribution in [0.25, 0.3) is 0 Å². The lowest BCUT2D eigenvalue weighted by Crippen LogP contribution is -2.50. The molecule has 0 aromatic heterocycles. The Morgan fingerprint density at radius 3 is 2.20 bits per heavy atom. The third-order valence-corrected chi connectivity index (χ3v) is 10.7. The van der Waals surface area contributed by atoms with E-state index in [1.54, 1.807) is 6.08 Å². The van der Waals surface area contributed by atoms with Gasteiger partial charge in [-0.3, -0.25) is 4.79 Å². The molecule has 11 heteroatoms. The highest BCUT2D eigenvalue weighted by Crippen LogP contribution is 2.47. The van der Waals surface area contributed by atoms with Crippen LogP contribution in [0.2, 0.25) is 6.04 Å². The lowest BCUT2D eigenvalue weighted by atomic mass is 9.62. The second-order valence-corrected chi connectivity index (χ2v) is 14.8. The SMILES string of the molecule is CCCCC(CCC(=O)NCCC[Si](OCC)(OCC)OCC)N(CC1(C)CC(N=C=O)CC(C)(C)C1)C(=O)O. The third-order valence-electron chi connectivity index (χ3n) is 7.57. The van der Waals surface area contributed by atoms with Crippen molar-refractivity contribution in [2.24, 2.45) is 15.8 Å². The van der Waals surface area contributed by atoms with Gasteiger partial charge >= 0.3 is 14.9 Å². The molecule has 0 aromatic rings. The molecule has 1 aliphatic carbocycles. The van der Waals surface area contributed by atoms with Crippen LogP contribution in [0.5, 0.6) is 0 Å². The number of nitrogens with zero attached hydrogens (tertiary/aromatic N) is 2. The van der Waals surface area contributed by atoms with E-state index in [9.17, 15) is 19.5 Å². The van der Waals surface area contributed by atoms with E-state index >= 15 is 0 Å². The second-order valence-electron chi connectivity index (χ2n) is 12.1. The molecular formula is C29H55N3O7Si. The number of carboxylic acid groups (broad SMARTS) is 1. The van der Waals surface area contributed by atoms with E-state index in [2.05, 4.69) is 38.0 Å². The van der Waals surface area contributed by atoms with Crippen LogP contribution in [0.4, 0.5) is 4.79 Å². The summed E-state index contributed by atoms with van der Waals surface area (Å²) in [5.41, 5.74) is -0.385. The molecule has 40 heavy (non-hydrogen) atoms. The van der Waals surface area contributed by atoms with E-state index in [0.717, 1.165) is 25.7 Å². The van der Waals surface area contributed by atoms with Crippen LogP contribution in [0.15, 0.2) is 4.99 Å². The third kappa shape index (κ3) is 12.8. The molecule has 2 N–H and O–H groups in total. The van der Waals surface area contributed by atoms with E-state index < -0.39 is 14.9 Å². The number of nitrogens with one attached hydrogen (secondary N) is 1. The molecule has 1 saturated carbocycles. The van der Waals surface area contributed by atoms with Gasteiger partial charge in [-0.05, 0) is 70.1 Å². The Hall–Kier alpha value is -1.78. The number of rotatable bonds is 20. The zero-order chi connectivity index (χ0) is 30.2. The van der Waals surface area contributed by atoms with Crippen LogP contribution in [-0.2, 0) is 22.9 Å². The van der Waals surface area contributed by atoms with Gasteiger partial charge in [-0.25, -0.2) is 14.6 Å². The van der Waals surface area contributed by atoms with Crippen molar-refractivity contribution in [1.29, 1.82) is 0 Å². The van der Waals surface area contributed by atoms with Crippen LogP contribution in [0.3, 0.4) is 0 Å². The molecule has 1 rings (SSSR count). The normalized spacial score (nSPS) is 21.3. The maximum absolute atomic E-state index is 12.8. The number of hydrogen-bond donors (Lipinski definition) is 2. The van der Waals surface area contributed by atoms with Crippen LogP contribution in [0.1, 0.15) is 106 Å². The topological polar surface area (TPSA) is 127 Å². The van der Waals surface area contributed by atoms with Gasteiger partial charge in [0.15, 0.2) is 0 Å². The van der Waals surface area contributed by atoms with Gasteiger partial charge in [0, 0.05) is 51.4 Å². The zero-order valence-corrected chi connectivity index (χ0v) is 27.1. The number of aliphatic imine (C=N–C) groups is 1. The maximum atomic E-state index is 12.8. The van der Waals surface area contributed by atoms with Crippen molar-refractivity contribution in [3.05, 3.63) is 0 Å². The average molecular weight is 586 g/mol. The Bertz CT molecular complexity index is 804. The minimum absolute atomic E-state index is 0.0616. The summed E-state index contributed by atoms with van der Waals surface area (Å²) in [7, 11) is -2.75. The molecule has 232 valence electrons. The van der Waals surface area contributed by atoms with Gasteiger partial charge < -0.3 is 28.6 Å². The molecule has 10 nitrogen and oxygen atoms in total. The van der Waals surface area contributed by atoms with Gasteiger partial charge in [0.25, 0.3) is 0 Å². The number of isocyanates is 1. The molecule has 0 saturated heterocycles. The first-order valence-corrected chi connectivity index (χ1v) is 17.1. The molecule has 0 spiro atoms. The van der Waals surface area contributed by atoms with Gasteiger partial charge in [0.1, 0.15) is 0 Å². The standard InChI is InChI=1S/C29H55N3O7Si/c1-8-12-14-25(15-16-26(34)30-17-13-18-40(37-9-2,38-10-3)39-11-4)32(27(35)36)22-29(7)20-24(31-23-33)19-28(5,6)21-29/h24-25H,8-22H2,1-7H3,(H,30,34)(H,35,36). The van der Waals surface area contributed by atoms with Crippen LogP contribution in [0, 0.1) is 10.8 Å². The fraction of sp³-hybridized carbons (Fsp3) is 0.897. The molecule has 0 aromatic carbocycles. The number of carbonyl (C=O) groups is 2. The summed E-state index contributed by atoms with van der Waals surface area (Å²) in [5.74, 6) is -0.0891. The summed E-state index contributed by atoms with van der Waals surface area (Å²) < 4.78 is 17.6. The highest BCUT2D eigenvalue weighted by molar-refractivity contribution is 6.60. The van der Waals surface area contributed by atoms with Crippen LogP contribution < -0.4 is 5.32 Å². The first-order valence-electron chi connectivity index (χ1n) is 15.1. The van der Waals surface area contributed by atoms with Gasteiger partial charge in [-0.15, -0.1) is 0 Å². The average Bonchev–Trinajstić information content (AvgIpc) is 2.85. The van der Waals surface area contributed by atoms with Gasteiger partial charge in [-0.1, -0.05) is 40.5 Å². The number of hydrogen-bond acceptors (Lipinski definition) is 7. The van der Waals surface area contributed by atoms with Crippen molar-refractivity contribution in [1.82, 2.24) is 10.2 Å². The lowest BCUT2D eigenvalue weighted by molar-refractivity contribution is -0.121. The zero-order valence-electron chi connectivity index (χ0n) is 26.1. The Kier molecular flexibility index (Phi) is 16.2. The summed E-state index contributed by atoms with van der Waals surface area (Å²) in [5, 5.41) is 13.2. The molecule has 0 heterocycles. The Morgan fingerprint density at radius 2 is 1.68 bits per heavy atom. The largest absolute Gasteiger partial charge is 0.500 e. The van der Waals surface area contributed by atoms with Gasteiger partial charge in [0.05, 0.1) is 6.04 Å². The molecule has 0 radical (unpaired) electrons. The fourth-order valence-electron chi connectivity index (χ4n) is 6.44. The summed E-state index contributed by atoms with van der Waals surface area (Å²) in [6, 6.07) is 0.211. The highest BCUT2D eigenvalue weighted by Gasteiger charge is 2.44. The van der Waals surface area contributed by atoms with Crippen molar-refractivity contribution in [2.75, 3.05) is 32.9 Å². The van der Waals surface area contributed by atoms with Crippen molar-refractivity contribution >= 4 is 26.9 Å². The quantitative estimate of drug-likeness (QED) is 0.0802. The van der Waals surface area contributed by atoms with Crippen molar-refractivity contribution < 1.29 is 32.8 Å². The molecule has 1 fully saturated rings. The monoisotopic (exact) mass is 585 g/mol. The van der Waals surface area contributed by atoms with E-state index in [-0.39, 0.29) is 35.2 Å². The lowest BCUT2D eigenvalue weighted by Gasteiger charge is -2.47. The summed E-state index contributed by atoms with van der Waals surface area (Å²) in [4.78, 5) is 41.8. The van der Waals surface area contributed by atoms with E-state index in [0.29, 0.717) is 64.6 Å². The first-order chi connectivity index (χ1) is 18.9. The number of unbranched alkanes of at least 4 members (excludes halogenated alkanes) is 1. The molecule has 3 unspecified atom stereocenters. The van der Waals surface area contributed by atoms with Crippen LogP contribution in [-0.4, -0.2) is 81.9 Å². The minimum Gasteiger partial charge on any atom is -0.465 e. The first kappa shape index (κ1) is 36.2. The van der Waals surface area contributed by atoms with Crippen molar-refractivity contribution in [3.8, 4) is 0 Å². The predicted octanol–water partition coefficient (Wildman–Crippen LogP) is 5.78. The van der Waals surface area contributed by atoms with Crippen molar-refractivity contribution in [2.45, 2.75) is 124 Å². The van der Waals surface area contributed by atoms with E-state index in [1.165, 1.54) is 4.90 Å². The molecule has 2 amide bonds. The molecule has 0 bridgehead atoms. The second kappa shape index (κ2) is 17.9. The van der Waals surface area contributed by atoms with Crippen molar-refractivity contribution in [3.63, 3.8) is 0 Å².